The van der Waals surface area contributed by atoms with Crippen molar-refractivity contribution in [2.75, 3.05) is 11.8 Å². The monoisotopic (exact) mass is 295 g/mol. The molecule has 0 atom stereocenters. The SMILES string of the molecule is CC(CCl)(CCl)NC(=O)Cc1ccc(F)cc1F. The van der Waals surface area contributed by atoms with Gasteiger partial charge in [-0.05, 0) is 18.6 Å². The summed E-state index contributed by atoms with van der Waals surface area (Å²) in [5.41, 5.74) is -0.614. The first kappa shape index (κ1) is 15.2. The van der Waals surface area contributed by atoms with E-state index in [-0.39, 0.29) is 23.7 Å². The van der Waals surface area contributed by atoms with Crippen LogP contribution in [0.15, 0.2) is 18.2 Å². The van der Waals surface area contributed by atoms with Crippen LogP contribution in [-0.2, 0) is 11.2 Å². The van der Waals surface area contributed by atoms with Gasteiger partial charge < -0.3 is 5.32 Å². The number of benzene rings is 1. The third-order valence-electron chi connectivity index (χ3n) is 2.40. The molecule has 1 N–H and O–H groups in total. The lowest BCUT2D eigenvalue weighted by Gasteiger charge is -2.25. The Morgan fingerprint density at radius 2 is 1.94 bits per heavy atom. The molecule has 1 aromatic carbocycles. The summed E-state index contributed by atoms with van der Waals surface area (Å²) < 4.78 is 26.0. The lowest BCUT2D eigenvalue weighted by Crippen LogP contribution is -2.49. The van der Waals surface area contributed by atoms with Crippen LogP contribution in [0.25, 0.3) is 0 Å². The van der Waals surface area contributed by atoms with Crippen molar-refractivity contribution in [1.82, 2.24) is 5.32 Å². The minimum atomic E-state index is -0.747. The second-order valence-electron chi connectivity index (χ2n) is 4.29. The minimum Gasteiger partial charge on any atom is -0.348 e. The Bertz CT molecular complexity index is 436. The van der Waals surface area contributed by atoms with E-state index in [4.69, 9.17) is 23.2 Å². The predicted octanol–water partition coefficient (Wildman–Crippen LogP) is 2.86. The van der Waals surface area contributed by atoms with Gasteiger partial charge in [-0.25, -0.2) is 8.78 Å². The lowest BCUT2D eigenvalue weighted by molar-refractivity contribution is -0.121. The first-order valence-corrected chi connectivity index (χ1v) is 6.34. The van der Waals surface area contributed by atoms with Crippen molar-refractivity contribution in [2.24, 2.45) is 0 Å². The molecule has 18 heavy (non-hydrogen) atoms. The zero-order valence-corrected chi connectivity index (χ0v) is 11.3. The molecular formula is C12H13Cl2F2NO. The van der Waals surface area contributed by atoms with E-state index >= 15 is 0 Å². The van der Waals surface area contributed by atoms with Gasteiger partial charge in [0, 0.05) is 17.8 Å². The maximum atomic E-state index is 13.3. The van der Waals surface area contributed by atoms with Gasteiger partial charge in [0.1, 0.15) is 11.6 Å². The van der Waals surface area contributed by atoms with Crippen molar-refractivity contribution in [1.29, 1.82) is 0 Å². The number of carbonyl (C=O) groups excluding carboxylic acids is 1. The van der Waals surface area contributed by atoms with Crippen molar-refractivity contribution in [2.45, 2.75) is 18.9 Å². The summed E-state index contributed by atoms with van der Waals surface area (Å²) in [6.45, 7) is 1.69. The van der Waals surface area contributed by atoms with E-state index < -0.39 is 23.1 Å². The van der Waals surface area contributed by atoms with Gasteiger partial charge in [0.15, 0.2) is 0 Å². The first-order chi connectivity index (χ1) is 8.40. The van der Waals surface area contributed by atoms with E-state index in [1.807, 2.05) is 0 Å². The third-order valence-corrected chi connectivity index (χ3v) is 3.58. The average molecular weight is 296 g/mol. The predicted molar refractivity (Wildman–Crippen MR) is 68.0 cm³/mol. The number of nitrogens with one attached hydrogen (secondary N) is 1. The molecule has 0 saturated heterocycles. The topological polar surface area (TPSA) is 29.1 Å². The molecule has 2 nitrogen and oxygen atoms in total. The Labute approximate surface area is 114 Å². The number of amides is 1. The zero-order chi connectivity index (χ0) is 13.8. The summed E-state index contributed by atoms with van der Waals surface area (Å²) in [7, 11) is 0. The fourth-order valence-corrected chi connectivity index (χ4v) is 1.74. The molecule has 100 valence electrons. The van der Waals surface area contributed by atoms with E-state index in [9.17, 15) is 13.6 Å². The van der Waals surface area contributed by atoms with Crippen molar-refractivity contribution < 1.29 is 13.6 Å². The Balaban J connectivity index is 2.70. The smallest absolute Gasteiger partial charge is 0.225 e. The number of hydrogen-bond acceptors (Lipinski definition) is 1. The maximum Gasteiger partial charge on any atom is 0.225 e. The molecule has 0 bridgehead atoms. The molecule has 0 aromatic heterocycles. The number of carbonyl (C=O) groups is 1. The fraction of sp³-hybridized carbons (Fsp3) is 0.417. The molecular weight excluding hydrogens is 283 g/mol. The van der Waals surface area contributed by atoms with E-state index in [1.54, 1.807) is 6.92 Å². The number of alkyl halides is 2. The van der Waals surface area contributed by atoms with Crippen LogP contribution >= 0.6 is 23.2 Å². The minimum absolute atomic E-state index is 0.125. The first-order valence-electron chi connectivity index (χ1n) is 5.27. The Hall–Kier alpha value is -0.870. The van der Waals surface area contributed by atoms with E-state index in [0.717, 1.165) is 12.1 Å². The number of hydrogen-bond donors (Lipinski definition) is 1. The molecule has 1 aromatic rings. The van der Waals surface area contributed by atoms with Gasteiger partial charge in [-0.1, -0.05) is 6.07 Å². The molecule has 1 amide bonds. The van der Waals surface area contributed by atoms with E-state index in [0.29, 0.717) is 0 Å². The Kier molecular flexibility index (Phi) is 5.35. The van der Waals surface area contributed by atoms with Gasteiger partial charge in [-0.15, -0.1) is 23.2 Å². The lowest BCUT2D eigenvalue weighted by atomic mass is 10.1. The van der Waals surface area contributed by atoms with Crippen LogP contribution in [0.3, 0.4) is 0 Å². The standard InChI is InChI=1S/C12H13Cl2F2NO/c1-12(6-13,7-14)17-11(18)4-8-2-3-9(15)5-10(8)16/h2-3,5H,4,6-7H2,1H3,(H,17,18). The summed E-state index contributed by atoms with van der Waals surface area (Å²) in [4.78, 5) is 11.7. The second-order valence-corrected chi connectivity index (χ2v) is 4.82. The normalized spacial score (nSPS) is 11.4. The molecule has 1 rings (SSSR count). The average Bonchev–Trinajstić information content (AvgIpc) is 2.32. The van der Waals surface area contributed by atoms with Gasteiger partial charge in [-0.3, -0.25) is 4.79 Å². The molecule has 0 aliphatic heterocycles. The molecule has 0 saturated carbocycles. The quantitative estimate of drug-likeness (QED) is 0.832. The Morgan fingerprint density at radius 1 is 1.33 bits per heavy atom. The van der Waals surface area contributed by atoms with Crippen molar-refractivity contribution in [3.8, 4) is 0 Å². The van der Waals surface area contributed by atoms with Crippen LogP contribution in [0.1, 0.15) is 12.5 Å². The molecule has 0 fully saturated rings. The highest BCUT2D eigenvalue weighted by Crippen LogP contribution is 2.12. The summed E-state index contributed by atoms with van der Waals surface area (Å²) >= 11 is 11.4. The van der Waals surface area contributed by atoms with Gasteiger partial charge in [0.05, 0.1) is 12.0 Å². The summed E-state index contributed by atoms with van der Waals surface area (Å²) in [6.07, 6.45) is -0.185. The highest BCUT2D eigenvalue weighted by molar-refractivity contribution is 6.22. The van der Waals surface area contributed by atoms with Crippen LogP contribution in [0.5, 0.6) is 0 Å². The van der Waals surface area contributed by atoms with Crippen LogP contribution in [0, 0.1) is 11.6 Å². The van der Waals surface area contributed by atoms with E-state index in [2.05, 4.69) is 5.32 Å². The van der Waals surface area contributed by atoms with Crippen LogP contribution in [-0.4, -0.2) is 23.2 Å². The highest BCUT2D eigenvalue weighted by atomic mass is 35.5. The molecule has 0 heterocycles. The van der Waals surface area contributed by atoms with Gasteiger partial charge in [-0.2, -0.15) is 0 Å². The van der Waals surface area contributed by atoms with Gasteiger partial charge in [0.25, 0.3) is 0 Å². The Morgan fingerprint density at radius 3 is 2.44 bits per heavy atom. The molecule has 0 radical (unpaired) electrons. The molecule has 0 spiro atoms. The van der Waals surface area contributed by atoms with Gasteiger partial charge in [0.2, 0.25) is 5.91 Å². The third kappa shape index (κ3) is 4.10. The highest BCUT2D eigenvalue weighted by Gasteiger charge is 2.24. The molecule has 0 aliphatic rings. The van der Waals surface area contributed by atoms with Crippen LogP contribution in [0.4, 0.5) is 8.78 Å². The van der Waals surface area contributed by atoms with Gasteiger partial charge >= 0.3 is 0 Å². The van der Waals surface area contributed by atoms with Crippen LogP contribution < -0.4 is 5.32 Å². The zero-order valence-electron chi connectivity index (χ0n) is 9.77. The van der Waals surface area contributed by atoms with Crippen molar-refractivity contribution >= 4 is 29.1 Å². The summed E-state index contributed by atoms with van der Waals surface area (Å²) in [6, 6.07) is 3.09. The molecule has 6 heteroatoms. The largest absolute Gasteiger partial charge is 0.348 e. The van der Waals surface area contributed by atoms with Crippen molar-refractivity contribution in [3.05, 3.63) is 35.4 Å². The maximum absolute atomic E-state index is 13.3. The summed E-state index contributed by atoms with van der Waals surface area (Å²) in [5.74, 6) is -1.54. The fourth-order valence-electron chi connectivity index (χ4n) is 1.32. The number of rotatable bonds is 5. The number of halogens is 4. The van der Waals surface area contributed by atoms with E-state index in [1.165, 1.54) is 6.07 Å². The molecule has 0 unspecified atom stereocenters. The second kappa shape index (κ2) is 6.34. The molecule has 0 aliphatic carbocycles. The van der Waals surface area contributed by atoms with Crippen LogP contribution in [0.2, 0.25) is 0 Å². The van der Waals surface area contributed by atoms with Crippen molar-refractivity contribution in [3.63, 3.8) is 0 Å². The summed E-state index contributed by atoms with van der Waals surface area (Å²) in [5, 5.41) is 2.62.